The molecule has 0 aliphatic carbocycles. The van der Waals surface area contributed by atoms with Crippen LogP contribution in [0.5, 0.6) is 5.75 Å². The van der Waals surface area contributed by atoms with Gasteiger partial charge < -0.3 is 20.5 Å². The van der Waals surface area contributed by atoms with Crippen molar-refractivity contribution in [1.82, 2.24) is 10.2 Å². The fraction of sp³-hybridized carbons (Fsp3) is 0.571. The zero-order valence-electron chi connectivity index (χ0n) is 17.2. The van der Waals surface area contributed by atoms with E-state index in [-0.39, 0.29) is 36.6 Å². The number of piperidine rings is 1. The molecule has 2 bridgehead atoms. The molecule has 0 saturated carbocycles. The van der Waals surface area contributed by atoms with E-state index in [1.165, 1.54) is 0 Å². The molecule has 0 spiro atoms. The van der Waals surface area contributed by atoms with Crippen molar-refractivity contribution in [1.29, 1.82) is 0 Å². The van der Waals surface area contributed by atoms with Gasteiger partial charge in [0.1, 0.15) is 5.75 Å². The number of hydrogen-bond acceptors (Lipinski definition) is 5. The minimum absolute atomic E-state index is 0. The van der Waals surface area contributed by atoms with Gasteiger partial charge in [-0.25, -0.2) is 0 Å². The molecular formula is C21H29Cl2N3O3. The molecule has 3 unspecified atom stereocenters. The number of nitrogen functional groups attached to an aromatic ring is 1. The van der Waals surface area contributed by atoms with E-state index < -0.39 is 0 Å². The third-order valence-corrected chi connectivity index (χ3v) is 6.08. The van der Waals surface area contributed by atoms with Crippen LogP contribution in [0.15, 0.2) is 12.1 Å². The molecule has 5 atom stereocenters. The number of benzene rings is 1. The fourth-order valence-corrected chi connectivity index (χ4v) is 4.49. The van der Waals surface area contributed by atoms with Gasteiger partial charge in [-0.05, 0) is 46.2 Å². The summed E-state index contributed by atoms with van der Waals surface area (Å²) in [5, 5.41) is 3.49. The third kappa shape index (κ3) is 5.10. The highest BCUT2D eigenvalue weighted by atomic mass is 35.5. The molecular weight excluding hydrogens is 413 g/mol. The molecule has 2 aliphatic rings. The molecule has 2 fully saturated rings. The van der Waals surface area contributed by atoms with Crippen molar-refractivity contribution >= 4 is 35.6 Å². The Labute approximate surface area is 183 Å². The monoisotopic (exact) mass is 441 g/mol. The van der Waals surface area contributed by atoms with Crippen LogP contribution in [0.25, 0.3) is 0 Å². The maximum atomic E-state index is 13.0. The Balaban J connectivity index is 0.00000300. The summed E-state index contributed by atoms with van der Waals surface area (Å²) >= 11 is 6.17. The molecule has 6 nitrogen and oxygen atoms in total. The highest BCUT2D eigenvalue weighted by Gasteiger charge is 2.45. The fourth-order valence-electron chi connectivity index (χ4n) is 4.32. The standard InChI is InChI=1S/C21H28ClN3O3.ClH/c1-5-6-12(2)28-19-11-17(23)16(22)10-15(19)21(26)24-13-7-14-9-20(27-4)18(8-13)25(14)3;/h10-14,18,20H,7-9,23H2,1-4H3,(H,24,26);1H/t12-,13?,14?,18?,20+;/m0./s1. The van der Waals surface area contributed by atoms with Gasteiger partial charge in [-0.1, -0.05) is 17.5 Å². The van der Waals surface area contributed by atoms with Gasteiger partial charge in [0.05, 0.1) is 22.4 Å². The number of nitrogens with two attached hydrogens (primary N) is 1. The second-order valence-electron chi connectivity index (χ2n) is 7.56. The predicted octanol–water partition coefficient (Wildman–Crippen LogP) is 3.11. The van der Waals surface area contributed by atoms with Gasteiger partial charge in [0, 0.05) is 31.3 Å². The minimum Gasteiger partial charge on any atom is -0.477 e. The van der Waals surface area contributed by atoms with Crippen molar-refractivity contribution in [3.05, 3.63) is 22.7 Å². The van der Waals surface area contributed by atoms with Crippen LogP contribution in [0, 0.1) is 11.8 Å². The van der Waals surface area contributed by atoms with Crippen LogP contribution in [0.3, 0.4) is 0 Å². The van der Waals surface area contributed by atoms with Gasteiger partial charge in [0.2, 0.25) is 0 Å². The van der Waals surface area contributed by atoms with Crippen molar-refractivity contribution in [2.24, 2.45) is 0 Å². The zero-order valence-corrected chi connectivity index (χ0v) is 18.8. The molecule has 2 heterocycles. The molecule has 2 saturated heterocycles. The number of halogens is 2. The lowest BCUT2D eigenvalue weighted by molar-refractivity contribution is 0.0523. The molecule has 1 aromatic carbocycles. The molecule has 160 valence electrons. The number of hydrogen-bond donors (Lipinski definition) is 2. The van der Waals surface area contributed by atoms with Crippen molar-refractivity contribution in [2.75, 3.05) is 19.9 Å². The number of carbonyl (C=O) groups is 1. The predicted molar refractivity (Wildman–Crippen MR) is 118 cm³/mol. The van der Waals surface area contributed by atoms with E-state index >= 15 is 0 Å². The number of rotatable bonds is 5. The van der Waals surface area contributed by atoms with E-state index in [4.69, 9.17) is 26.8 Å². The normalized spacial score (nSPS) is 26.7. The second kappa shape index (κ2) is 9.90. The summed E-state index contributed by atoms with van der Waals surface area (Å²) in [5.41, 5.74) is 6.65. The van der Waals surface area contributed by atoms with Crippen LogP contribution in [0.1, 0.15) is 43.5 Å². The van der Waals surface area contributed by atoms with Gasteiger partial charge in [-0.3, -0.25) is 9.69 Å². The minimum atomic E-state index is -0.362. The summed E-state index contributed by atoms with van der Waals surface area (Å²) in [7, 11) is 3.89. The Bertz CT molecular complexity index is 808. The summed E-state index contributed by atoms with van der Waals surface area (Å²) in [6.07, 6.45) is 2.61. The van der Waals surface area contributed by atoms with Crippen molar-refractivity contribution in [2.45, 2.75) is 63.4 Å². The lowest BCUT2D eigenvalue weighted by Crippen LogP contribution is -2.50. The topological polar surface area (TPSA) is 76.8 Å². The Morgan fingerprint density at radius 1 is 1.38 bits per heavy atom. The van der Waals surface area contributed by atoms with Crippen molar-refractivity contribution in [3.63, 3.8) is 0 Å². The van der Waals surface area contributed by atoms with E-state index in [2.05, 4.69) is 29.1 Å². The number of nitrogens with zero attached hydrogens (tertiary/aromatic N) is 1. The first-order valence-corrected chi connectivity index (χ1v) is 9.95. The summed E-state index contributed by atoms with van der Waals surface area (Å²) in [6, 6.07) is 3.97. The highest BCUT2D eigenvalue weighted by Crippen LogP contribution is 2.36. The SMILES string of the molecule is CC#C[C@H](C)Oc1cc(N)c(Cl)cc1C(=O)NC1CC2C[C@@H](OC)C(C1)N2C.Cl. The van der Waals surface area contributed by atoms with Gasteiger partial charge in [0.15, 0.2) is 6.10 Å². The molecule has 1 aromatic rings. The van der Waals surface area contributed by atoms with E-state index in [1.807, 2.05) is 6.92 Å². The van der Waals surface area contributed by atoms with Crippen LogP contribution in [-0.2, 0) is 4.74 Å². The first kappa shape index (κ1) is 23.6. The van der Waals surface area contributed by atoms with Crippen LogP contribution in [0.4, 0.5) is 5.69 Å². The molecule has 3 rings (SSSR count). The van der Waals surface area contributed by atoms with Crippen molar-refractivity contribution < 1.29 is 14.3 Å². The first-order valence-electron chi connectivity index (χ1n) is 9.57. The second-order valence-corrected chi connectivity index (χ2v) is 7.97. The van der Waals surface area contributed by atoms with Gasteiger partial charge in [0.25, 0.3) is 5.91 Å². The Morgan fingerprint density at radius 2 is 2.10 bits per heavy atom. The van der Waals surface area contributed by atoms with E-state index in [9.17, 15) is 4.79 Å². The lowest BCUT2D eigenvalue weighted by Gasteiger charge is -2.37. The van der Waals surface area contributed by atoms with E-state index in [0.717, 1.165) is 19.3 Å². The summed E-state index contributed by atoms with van der Waals surface area (Å²) in [6.45, 7) is 3.56. The number of fused-ring (bicyclic) bond motifs is 2. The maximum Gasteiger partial charge on any atom is 0.255 e. The maximum absolute atomic E-state index is 13.0. The molecule has 0 aromatic heterocycles. The van der Waals surface area contributed by atoms with E-state index in [0.29, 0.717) is 34.1 Å². The molecule has 2 aliphatic heterocycles. The molecule has 8 heteroatoms. The number of anilines is 1. The number of likely N-dealkylation sites (N-methyl/N-ethyl adjacent to an activating group) is 1. The quantitative estimate of drug-likeness (QED) is 0.542. The van der Waals surface area contributed by atoms with Crippen molar-refractivity contribution in [3.8, 4) is 17.6 Å². The number of carbonyl (C=O) groups excluding carboxylic acids is 1. The van der Waals surface area contributed by atoms with Crippen LogP contribution < -0.4 is 15.8 Å². The average Bonchev–Trinajstić information content (AvgIpc) is 2.82. The summed E-state index contributed by atoms with van der Waals surface area (Å²) in [4.78, 5) is 15.4. The van der Waals surface area contributed by atoms with Crippen LogP contribution in [0.2, 0.25) is 5.02 Å². The Hall–Kier alpha value is -1.65. The van der Waals surface area contributed by atoms with Gasteiger partial charge in [-0.2, -0.15) is 0 Å². The zero-order chi connectivity index (χ0) is 20.4. The first-order chi connectivity index (χ1) is 13.3. The largest absolute Gasteiger partial charge is 0.477 e. The summed E-state index contributed by atoms with van der Waals surface area (Å²) < 4.78 is 11.5. The lowest BCUT2D eigenvalue weighted by atomic mass is 9.97. The molecule has 0 radical (unpaired) electrons. The molecule has 1 amide bonds. The molecule has 3 N–H and O–H groups in total. The number of amides is 1. The van der Waals surface area contributed by atoms with Crippen LogP contribution >= 0.6 is 24.0 Å². The van der Waals surface area contributed by atoms with Gasteiger partial charge >= 0.3 is 0 Å². The molecule has 29 heavy (non-hydrogen) atoms. The number of nitrogens with one attached hydrogen (secondary N) is 1. The smallest absolute Gasteiger partial charge is 0.255 e. The van der Waals surface area contributed by atoms with Crippen LogP contribution in [-0.4, -0.2) is 55.3 Å². The third-order valence-electron chi connectivity index (χ3n) is 5.75. The van der Waals surface area contributed by atoms with E-state index in [1.54, 1.807) is 26.2 Å². The number of ether oxygens (including phenoxy) is 2. The summed E-state index contributed by atoms with van der Waals surface area (Å²) in [5.74, 6) is 5.90. The average molecular weight is 442 g/mol. The Kier molecular flexibility index (Phi) is 8.07. The Morgan fingerprint density at radius 3 is 2.76 bits per heavy atom. The highest BCUT2D eigenvalue weighted by molar-refractivity contribution is 6.33. The van der Waals surface area contributed by atoms with Gasteiger partial charge in [-0.15, -0.1) is 18.3 Å². The number of methoxy groups -OCH3 is 1.